The van der Waals surface area contributed by atoms with E-state index in [9.17, 15) is 13.2 Å². The first kappa shape index (κ1) is 11.5. The molecule has 2 rings (SSSR count). The summed E-state index contributed by atoms with van der Waals surface area (Å²) in [6.07, 6.45) is -4.69. The van der Waals surface area contributed by atoms with Crippen LogP contribution in [0.3, 0.4) is 0 Å². The summed E-state index contributed by atoms with van der Waals surface area (Å²) in [7, 11) is 0. The van der Waals surface area contributed by atoms with E-state index in [1.807, 2.05) is 6.92 Å². The number of hydrogen-bond acceptors (Lipinski definition) is 2. The molecule has 0 aliphatic heterocycles. The van der Waals surface area contributed by atoms with E-state index in [0.29, 0.717) is 5.39 Å². The van der Waals surface area contributed by atoms with E-state index in [0.717, 1.165) is 10.3 Å². The number of ether oxygens (including phenoxy) is 1. The predicted molar refractivity (Wildman–Crippen MR) is 58.3 cm³/mol. The first-order valence-electron chi connectivity index (χ1n) is 4.30. The smallest absolute Gasteiger partial charge is 0.406 e. The van der Waals surface area contributed by atoms with Crippen molar-refractivity contribution >= 4 is 33.7 Å². The van der Waals surface area contributed by atoms with E-state index in [4.69, 9.17) is 11.6 Å². The molecule has 86 valence electrons. The van der Waals surface area contributed by atoms with Crippen molar-refractivity contribution in [2.75, 3.05) is 0 Å². The Bertz CT molecular complexity index is 533. The van der Waals surface area contributed by atoms with Crippen LogP contribution in [0.1, 0.15) is 4.88 Å². The van der Waals surface area contributed by atoms with E-state index in [2.05, 4.69) is 4.74 Å². The van der Waals surface area contributed by atoms with Crippen LogP contribution in [0.25, 0.3) is 10.8 Å². The maximum atomic E-state index is 12.0. The molecule has 0 bridgehead atoms. The number of aryl methyl sites for hydroxylation is 1. The third kappa shape index (κ3) is 2.25. The molecule has 0 atom stereocenters. The van der Waals surface area contributed by atoms with Crippen LogP contribution in [0, 0.1) is 6.92 Å². The van der Waals surface area contributed by atoms with Gasteiger partial charge in [0.25, 0.3) is 0 Å². The highest BCUT2D eigenvalue weighted by molar-refractivity contribution is 7.11. The molecular weight excluding hydrogens is 261 g/mol. The van der Waals surface area contributed by atoms with Gasteiger partial charge in [-0.05, 0) is 29.8 Å². The van der Waals surface area contributed by atoms with E-state index in [1.165, 1.54) is 23.5 Å². The molecule has 1 aromatic heterocycles. The van der Waals surface area contributed by atoms with E-state index >= 15 is 0 Å². The highest BCUT2D eigenvalue weighted by atomic mass is 35.5. The first-order valence-corrected chi connectivity index (χ1v) is 5.55. The Morgan fingerprint density at radius 3 is 2.62 bits per heavy atom. The SMILES string of the molecule is Cc1scc2cc(OC(F)(F)F)cc(Cl)c12. The van der Waals surface area contributed by atoms with Crippen molar-refractivity contribution in [2.24, 2.45) is 0 Å². The first-order chi connectivity index (χ1) is 7.37. The molecule has 0 amide bonds. The van der Waals surface area contributed by atoms with Gasteiger partial charge in [-0.15, -0.1) is 24.5 Å². The van der Waals surface area contributed by atoms with Gasteiger partial charge >= 0.3 is 6.36 Å². The maximum Gasteiger partial charge on any atom is 0.573 e. The zero-order valence-corrected chi connectivity index (χ0v) is 9.63. The standard InChI is InChI=1S/C10H6ClF3OS/c1-5-9-6(4-16-5)2-7(3-8(9)11)15-10(12,13)14/h2-4H,1H3. The minimum atomic E-state index is -4.69. The topological polar surface area (TPSA) is 9.23 Å². The van der Waals surface area contributed by atoms with Crippen LogP contribution >= 0.6 is 22.9 Å². The highest BCUT2D eigenvalue weighted by Gasteiger charge is 2.31. The Morgan fingerprint density at radius 2 is 2.00 bits per heavy atom. The second-order valence-electron chi connectivity index (χ2n) is 3.21. The second kappa shape index (κ2) is 3.82. The minimum Gasteiger partial charge on any atom is -0.406 e. The van der Waals surface area contributed by atoms with Gasteiger partial charge in [-0.3, -0.25) is 0 Å². The molecule has 1 aromatic carbocycles. The van der Waals surface area contributed by atoms with Crippen molar-refractivity contribution < 1.29 is 17.9 Å². The van der Waals surface area contributed by atoms with E-state index < -0.39 is 6.36 Å². The van der Waals surface area contributed by atoms with Crippen LogP contribution in [0.4, 0.5) is 13.2 Å². The molecule has 2 aromatic rings. The lowest BCUT2D eigenvalue weighted by molar-refractivity contribution is -0.274. The largest absolute Gasteiger partial charge is 0.573 e. The Hall–Kier alpha value is -0.940. The molecule has 0 saturated carbocycles. The third-order valence-corrected chi connectivity index (χ3v) is 3.27. The predicted octanol–water partition coefficient (Wildman–Crippen LogP) is 4.76. The highest BCUT2D eigenvalue weighted by Crippen LogP contribution is 2.36. The molecule has 16 heavy (non-hydrogen) atoms. The molecule has 1 nitrogen and oxygen atoms in total. The van der Waals surface area contributed by atoms with Crippen molar-refractivity contribution in [2.45, 2.75) is 13.3 Å². The van der Waals surface area contributed by atoms with Crippen molar-refractivity contribution in [1.29, 1.82) is 0 Å². The Balaban J connectivity index is 2.51. The van der Waals surface area contributed by atoms with Crippen LogP contribution in [0.15, 0.2) is 17.5 Å². The molecule has 0 fully saturated rings. The number of alkyl halides is 3. The van der Waals surface area contributed by atoms with Crippen LogP contribution in [-0.4, -0.2) is 6.36 Å². The van der Waals surface area contributed by atoms with Gasteiger partial charge in [0.05, 0.1) is 5.02 Å². The molecule has 0 spiro atoms. The Morgan fingerprint density at radius 1 is 1.31 bits per heavy atom. The zero-order chi connectivity index (χ0) is 11.9. The monoisotopic (exact) mass is 266 g/mol. The van der Waals surface area contributed by atoms with Gasteiger partial charge in [-0.2, -0.15) is 0 Å². The van der Waals surface area contributed by atoms with Gasteiger partial charge in [0.1, 0.15) is 5.75 Å². The van der Waals surface area contributed by atoms with Crippen molar-refractivity contribution in [3.63, 3.8) is 0 Å². The van der Waals surface area contributed by atoms with Gasteiger partial charge < -0.3 is 4.74 Å². The third-order valence-electron chi connectivity index (χ3n) is 2.04. The summed E-state index contributed by atoms with van der Waals surface area (Å²) >= 11 is 7.33. The van der Waals surface area contributed by atoms with Crippen LogP contribution in [-0.2, 0) is 0 Å². The fourth-order valence-electron chi connectivity index (χ4n) is 1.47. The van der Waals surface area contributed by atoms with Crippen LogP contribution in [0.5, 0.6) is 5.75 Å². The summed E-state index contributed by atoms with van der Waals surface area (Å²) in [4.78, 5) is 0.971. The van der Waals surface area contributed by atoms with Crippen LogP contribution < -0.4 is 4.74 Å². The number of hydrogen-bond donors (Lipinski definition) is 0. The molecule has 0 radical (unpaired) electrons. The summed E-state index contributed by atoms with van der Waals surface area (Å²) in [5, 5.41) is 3.46. The molecule has 0 saturated heterocycles. The lowest BCUT2D eigenvalue weighted by Gasteiger charge is -2.09. The summed E-state index contributed by atoms with van der Waals surface area (Å²) in [6.45, 7) is 1.86. The molecule has 6 heteroatoms. The molecule has 0 aliphatic rings. The second-order valence-corrected chi connectivity index (χ2v) is 4.70. The average molecular weight is 267 g/mol. The molecule has 0 aliphatic carbocycles. The van der Waals surface area contributed by atoms with Gasteiger partial charge in [0.2, 0.25) is 0 Å². The van der Waals surface area contributed by atoms with Gasteiger partial charge in [-0.25, -0.2) is 0 Å². The fraction of sp³-hybridized carbons (Fsp3) is 0.200. The quantitative estimate of drug-likeness (QED) is 0.723. The fourth-order valence-corrected chi connectivity index (χ4v) is 2.72. The Labute approximate surface area is 98.4 Å². The molecule has 0 unspecified atom stereocenters. The van der Waals surface area contributed by atoms with Crippen molar-refractivity contribution in [1.82, 2.24) is 0 Å². The zero-order valence-electron chi connectivity index (χ0n) is 8.06. The number of thiophene rings is 1. The summed E-state index contributed by atoms with van der Waals surface area (Å²) in [6, 6.07) is 2.51. The van der Waals surface area contributed by atoms with Crippen LogP contribution in [0.2, 0.25) is 5.02 Å². The molecular formula is C10H6ClF3OS. The lowest BCUT2D eigenvalue weighted by atomic mass is 10.2. The summed E-state index contributed by atoms with van der Waals surface area (Å²) < 4.78 is 39.9. The normalized spacial score (nSPS) is 12.1. The number of benzene rings is 1. The van der Waals surface area contributed by atoms with Gasteiger partial charge in [0.15, 0.2) is 0 Å². The summed E-state index contributed by atoms with van der Waals surface area (Å²) in [5.74, 6) is -0.289. The molecule has 1 heterocycles. The van der Waals surface area contributed by atoms with Gasteiger partial charge in [0, 0.05) is 10.3 Å². The van der Waals surface area contributed by atoms with Crippen molar-refractivity contribution in [3.8, 4) is 5.75 Å². The maximum absolute atomic E-state index is 12.0. The number of fused-ring (bicyclic) bond motifs is 1. The number of halogens is 4. The number of rotatable bonds is 1. The Kier molecular flexibility index (Phi) is 2.75. The van der Waals surface area contributed by atoms with E-state index in [-0.39, 0.29) is 10.8 Å². The molecule has 0 N–H and O–H groups in total. The van der Waals surface area contributed by atoms with Gasteiger partial charge in [-0.1, -0.05) is 11.6 Å². The lowest BCUT2D eigenvalue weighted by Crippen LogP contribution is -2.17. The minimum absolute atomic E-state index is 0.274. The summed E-state index contributed by atoms with van der Waals surface area (Å²) in [5.41, 5.74) is 0. The van der Waals surface area contributed by atoms with E-state index in [1.54, 1.807) is 5.38 Å². The van der Waals surface area contributed by atoms with Crippen molar-refractivity contribution in [3.05, 3.63) is 27.4 Å². The average Bonchev–Trinajstić information content (AvgIpc) is 2.44.